The van der Waals surface area contributed by atoms with E-state index in [0.717, 1.165) is 23.1 Å². The summed E-state index contributed by atoms with van der Waals surface area (Å²) >= 11 is 6.23. The van der Waals surface area contributed by atoms with Crippen LogP contribution in [0.4, 0.5) is 5.69 Å². The molecule has 2 N–H and O–H groups in total. The summed E-state index contributed by atoms with van der Waals surface area (Å²) in [6.45, 7) is 8.04. The van der Waals surface area contributed by atoms with E-state index in [1.54, 1.807) is 12.1 Å². The number of carbonyl (C=O) groups excluding carboxylic acids is 1. The molecule has 0 heterocycles. The summed E-state index contributed by atoms with van der Waals surface area (Å²) in [5.41, 5.74) is 3.68. The van der Waals surface area contributed by atoms with Crippen LogP contribution in [0.15, 0.2) is 71.6 Å². The van der Waals surface area contributed by atoms with Gasteiger partial charge in [-0.25, -0.2) is 8.42 Å². The molecule has 33 heavy (non-hydrogen) atoms. The first kappa shape index (κ1) is 24.8. The molecule has 7 heteroatoms. The molecule has 0 unspecified atom stereocenters. The number of amides is 1. The van der Waals surface area contributed by atoms with E-state index in [1.165, 1.54) is 18.2 Å². The van der Waals surface area contributed by atoms with Crippen molar-refractivity contribution >= 4 is 33.2 Å². The molecule has 0 radical (unpaired) electrons. The Bertz CT molecular complexity index is 1240. The second-order valence-electron chi connectivity index (χ2n) is 8.62. The topological polar surface area (TPSA) is 75.3 Å². The Hall–Kier alpha value is -2.83. The highest BCUT2D eigenvalue weighted by atomic mass is 35.5. The number of anilines is 1. The first-order chi connectivity index (χ1) is 15.6. The average molecular weight is 485 g/mol. The van der Waals surface area contributed by atoms with Gasteiger partial charge in [-0.1, -0.05) is 61.8 Å². The smallest absolute Gasteiger partial charge is 0.263 e. The Labute approximate surface area is 201 Å². The summed E-state index contributed by atoms with van der Waals surface area (Å²) in [6, 6.07) is 19.1. The van der Waals surface area contributed by atoms with Crippen molar-refractivity contribution in [3.05, 3.63) is 94.0 Å². The molecule has 0 aromatic heterocycles. The highest BCUT2D eigenvalue weighted by Gasteiger charge is 2.22. The van der Waals surface area contributed by atoms with Crippen molar-refractivity contribution in [2.24, 2.45) is 5.92 Å². The maximum absolute atomic E-state index is 13.1. The highest BCUT2D eigenvalue weighted by Crippen LogP contribution is 2.27. The van der Waals surface area contributed by atoms with E-state index in [2.05, 4.69) is 23.9 Å². The van der Waals surface area contributed by atoms with Crippen LogP contribution in [0.1, 0.15) is 53.4 Å². The first-order valence-electron chi connectivity index (χ1n) is 10.8. The van der Waals surface area contributed by atoms with Crippen LogP contribution in [0.5, 0.6) is 0 Å². The molecule has 0 aliphatic rings. The van der Waals surface area contributed by atoms with Gasteiger partial charge < -0.3 is 5.32 Å². The van der Waals surface area contributed by atoms with Crippen LogP contribution in [0, 0.1) is 19.8 Å². The fourth-order valence-corrected chi connectivity index (χ4v) is 5.12. The van der Waals surface area contributed by atoms with Crippen LogP contribution in [-0.4, -0.2) is 14.3 Å². The lowest BCUT2D eigenvalue weighted by atomic mass is 9.96. The number of nitrogens with one attached hydrogen (secondary N) is 2. The lowest BCUT2D eigenvalue weighted by molar-refractivity contribution is 0.0931. The quantitative estimate of drug-likeness (QED) is 0.395. The molecule has 0 saturated carbocycles. The zero-order chi connectivity index (χ0) is 24.2. The van der Waals surface area contributed by atoms with Crippen LogP contribution < -0.4 is 10.0 Å². The van der Waals surface area contributed by atoms with Gasteiger partial charge in [0.1, 0.15) is 4.90 Å². The molecule has 3 aromatic rings. The summed E-state index contributed by atoms with van der Waals surface area (Å²) in [6.07, 6.45) is 0.753. The number of hydrogen-bond donors (Lipinski definition) is 2. The number of benzene rings is 3. The van der Waals surface area contributed by atoms with E-state index in [4.69, 9.17) is 11.6 Å². The lowest BCUT2D eigenvalue weighted by Crippen LogP contribution is -2.29. The van der Waals surface area contributed by atoms with Gasteiger partial charge in [0.05, 0.1) is 11.1 Å². The summed E-state index contributed by atoms with van der Waals surface area (Å²) in [5, 5.41) is 3.09. The molecule has 174 valence electrons. The highest BCUT2D eigenvalue weighted by molar-refractivity contribution is 7.92. The standard InChI is InChI=1S/C26H29ClN2O3S/c1-17(2)14-24(20-8-6-5-7-9-20)28-26(30)21-11-13-23(27)25(16-21)33(31,32)29-22-12-10-18(3)19(4)15-22/h5-13,15-17,24,29H,14H2,1-4H3,(H,28,30)/t24-/m1/s1. The number of halogens is 1. The van der Waals surface area contributed by atoms with Gasteiger partial charge in [0, 0.05) is 11.3 Å². The Balaban J connectivity index is 1.87. The van der Waals surface area contributed by atoms with Crippen molar-refractivity contribution in [1.29, 1.82) is 0 Å². The van der Waals surface area contributed by atoms with Gasteiger partial charge in [-0.3, -0.25) is 9.52 Å². The predicted molar refractivity (Wildman–Crippen MR) is 134 cm³/mol. The normalized spacial score (nSPS) is 12.4. The third-order valence-electron chi connectivity index (χ3n) is 5.46. The number of carbonyl (C=O) groups is 1. The lowest BCUT2D eigenvalue weighted by Gasteiger charge is -2.21. The summed E-state index contributed by atoms with van der Waals surface area (Å²) < 4.78 is 28.7. The Morgan fingerprint density at radius 3 is 2.27 bits per heavy atom. The molecule has 0 spiro atoms. The second kappa shape index (κ2) is 10.4. The molecule has 0 bridgehead atoms. The van der Waals surface area contributed by atoms with Crippen LogP contribution in [0.3, 0.4) is 0 Å². The van der Waals surface area contributed by atoms with Gasteiger partial charge in [-0.2, -0.15) is 0 Å². The number of aryl methyl sites for hydroxylation is 2. The molecule has 3 aromatic carbocycles. The number of sulfonamides is 1. The molecule has 1 amide bonds. The molecular weight excluding hydrogens is 456 g/mol. The summed E-state index contributed by atoms with van der Waals surface area (Å²) in [7, 11) is -3.99. The molecule has 1 atom stereocenters. The minimum Gasteiger partial charge on any atom is -0.345 e. The number of hydrogen-bond acceptors (Lipinski definition) is 3. The molecule has 0 fully saturated rings. The van der Waals surface area contributed by atoms with Gasteiger partial charge in [-0.05, 0) is 73.2 Å². The van der Waals surface area contributed by atoms with Gasteiger partial charge >= 0.3 is 0 Å². The van der Waals surface area contributed by atoms with Crippen molar-refractivity contribution in [3.63, 3.8) is 0 Å². The second-order valence-corrected chi connectivity index (χ2v) is 10.7. The summed E-state index contributed by atoms with van der Waals surface area (Å²) in [5.74, 6) is 0.00243. The largest absolute Gasteiger partial charge is 0.345 e. The van der Waals surface area contributed by atoms with E-state index in [-0.39, 0.29) is 27.4 Å². The van der Waals surface area contributed by atoms with Crippen LogP contribution in [0.25, 0.3) is 0 Å². The third kappa shape index (κ3) is 6.36. The van der Waals surface area contributed by atoms with Gasteiger partial charge in [0.25, 0.3) is 15.9 Å². The molecule has 0 aliphatic heterocycles. The van der Waals surface area contributed by atoms with E-state index in [0.29, 0.717) is 11.6 Å². The van der Waals surface area contributed by atoms with E-state index in [9.17, 15) is 13.2 Å². The van der Waals surface area contributed by atoms with Crippen molar-refractivity contribution in [3.8, 4) is 0 Å². The molecule has 3 rings (SSSR count). The van der Waals surface area contributed by atoms with Crippen molar-refractivity contribution in [2.75, 3.05) is 4.72 Å². The first-order valence-corrected chi connectivity index (χ1v) is 12.7. The minimum absolute atomic E-state index is 0.0460. The van der Waals surface area contributed by atoms with Crippen LogP contribution in [0.2, 0.25) is 5.02 Å². The maximum atomic E-state index is 13.1. The third-order valence-corrected chi connectivity index (χ3v) is 7.32. The molecular formula is C26H29ClN2O3S. The maximum Gasteiger partial charge on any atom is 0.263 e. The fourth-order valence-electron chi connectivity index (χ4n) is 3.54. The van der Waals surface area contributed by atoms with Gasteiger partial charge in [0.15, 0.2) is 0 Å². The van der Waals surface area contributed by atoms with E-state index < -0.39 is 10.0 Å². The van der Waals surface area contributed by atoms with Crippen LogP contribution in [-0.2, 0) is 10.0 Å². The number of rotatable bonds is 8. The van der Waals surface area contributed by atoms with E-state index >= 15 is 0 Å². The Morgan fingerprint density at radius 2 is 1.64 bits per heavy atom. The van der Waals surface area contributed by atoms with Gasteiger partial charge in [-0.15, -0.1) is 0 Å². The van der Waals surface area contributed by atoms with E-state index in [1.807, 2.05) is 50.2 Å². The average Bonchev–Trinajstić information content (AvgIpc) is 2.76. The minimum atomic E-state index is -3.99. The van der Waals surface area contributed by atoms with Crippen LogP contribution >= 0.6 is 11.6 Å². The molecule has 0 saturated heterocycles. The zero-order valence-electron chi connectivity index (χ0n) is 19.2. The SMILES string of the molecule is Cc1ccc(NS(=O)(=O)c2cc(C(=O)N[C@H](CC(C)C)c3ccccc3)ccc2Cl)cc1C. The monoisotopic (exact) mass is 484 g/mol. The van der Waals surface area contributed by atoms with Crippen molar-refractivity contribution in [1.82, 2.24) is 5.32 Å². The molecule has 0 aliphatic carbocycles. The Morgan fingerprint density at radius 1 is 0.939 bits per heavy atom. The zero-order valence-corrected chi connectivity index (χ0v) is 20.8. The summed E-state index contributed by atoms with van der Waals surface area (Å²) in [4.78, 5) is 12.9. The van der Waals surface area contributed by atoms with Crippen molar-refractivity contribution < 1.29 is 13.2 Å². The fraction of sp³-hybridized carbons (Fsp3) is 0.269. The Kier molecular flexibility index (Phi) is 7.82. The molecule has 5 nitrogen and oxygen atoms in total. The predicted octanol–water partition coefficient (Wildman–Crippen LogP) is 6.27. The van der Waals surface area contributed by atoms with Gasteiger partial charge in [0.2, 0.25) is 0 Å². The van der Waals surface area contributed by atoms with Crippen molar-refractivity contribution in [2.45, 2.75) is 45.1 Å².